The Balaban J connectivity index is 1.42. The first-order chi connectivity index (χ1) is 13.6. The van der Waals surface area contributed by atoms with Gasteiger partial charge in [-0.2, -0.15) is 8.42 Å². The van der Waals surface area contributed by atoms with Gasteiger partial charge in [-0.1, -0.05) is 6.92 Å². The minimum Gasteiger partial charge on any atom is -0.365 e. The lowest BCUT2D eigenvalue weighted by Crippen LogP contribution is -2.65. The van der Waals surface area contributed by atoms with Gasteiger partial charge in [0.1, 0.15) is 22.8 Å². The minimum atomic E-state index is -3.54. The number of rotatable bonds is 4. The van der Waals surface area contributed by atoms with Gasteiger partial charge in [0.2, 0.25) is 0 Å². The fourth-order valence-corrected chi connectivity index (χ4v) is 8.72. The van der Waals surface area contributed by atoms with Gasteiger partial charge < -0.3 is 9.47 Å². The summed E-state index contributed by atoms with van der Waals surface area (Å²) in [7, 11) is -3.54. The number of carbonyl (C=O) groups excluding carboxylic acids is 2. The Labute approximate surface area is 171 Å². The maximum atomic E-state index is 12.7. The zero-order chi connectivity index (χ0) is 20.4. The molecule has 0 bridgehead atoms. The second kappa shape index (κ2) is 5.31. The van der Waals surface area contributed by atoms with E-state index in [-0.39, 0.29) is 41.8 Å². The normalized spacial score (nSPS) is 54.7. The molecule has 6 aliphatic rings. The second-order valence-electron chi connectivity index (χ2n) is 10.5. The Hall–Kier alpha value is -0.830. The predicted octanol–water partition coefficient (Wildman–Crippen LogP) is 1.78. The summed E-state index contributed by atoms with van der Waals surface area (Å²) in [5, 5.41) is 0. The molecule has 4 aliphatic carbocycles. The Morgan fingerprint density at radius 1 is 1.14 bits per heavy atom. The Bertz CT molecular complexity index is 929. The van der Waals surface area contributed by atoms with Crippen molar-refractivity contribution in [2.75, 3.05) is 12.9 Å². The van der Waals surface area contributed by atoms with Crippen molar-refractivity contribution >= 4 is 21.7 Å². The van der Waals surface area contributed by atoms with E-state index >= 15 is 0 Å². The summed E-state index contributed by atoms with van der Waals surface area (Å²) in [5.41, 5.74) is -1.68. The van der Waals surface area contributed by atoms with E-state index in [2.05, 4.69) is 6.92 Å². The number of epoxide rings is 2. The minimum absolute atomic E-state index is 0.00325. The molecule has 0 aromatic carbocycles. The quantitative estimate of drug-likeness (QED) is 0.501. The molecule has 8 heteroatoms. The van der Waals surface area contributed by atoms with E-state index in [0.29, 0.717) is 37.9 Å². The van der Waals surface area contributed by atoms with Crippen LogP contribution in [0.1, 0.15) is 58.3 Å². The van der Waals surface area contributed by atoms with Crippen LogP contribution in [0, 0.1) is 22.7 Å². The van der Waals surface area contributed by atoms with E-state index in [0.717, 1.165) is 25.5 Å². The van der Waals surface area contributed by atoms with E-state index in [1.54, 1.807) is 0 Å². The van der Waals surface area contributed by atoms with E-state index in [1.165, 1.54) is 0 Å². The van der Waals surface area contributed by atoms with Crippen molar-refractivity contribution < 1.29 is 31.7 Å². The molecule has 160 valence electrons. The molecular weight excluding hydrogens is 396 g/mol. The topological polar surface area (TPSA) is 103 Å². The fraction of sp³-hybridized carbons (Fsp3) is 0.905. The zero-order valence-electron chi connectivity index (χ0n) is 16.9. The van der Waals surface area contributed by atoms with E-state index in [9.17, 15) is 18.0 Å². The molecule has 6 fully saturated rings. The zero-order valence-corrected chi connectivity index (χ0v) is 17.8. The van der Waals surface area contributed by atoms with Gasteiger partial charge in [-0.15, -0.1) is 0 Å². The molecule has 0 aromatic heterocycles. The highest BCUT2D eigenvalue weighted by atomic mass is 32.2. The molecule has 0 N–H and O–H groups in total. The number of carbonyl (C=O) groups is 2. The van der Waals surface area contributed by atoms with Crippen LogP contribution in [0.5, 0.6) is 0 Å². The Morgan fingerprint density at radius 2 is 1.93 bits per heavy atom. The van der Waals surface area contributed by atoms with Crippen LogP contribution in [0.4, 0.5) is 0 Å². The largest absolute Gasteiger partial charge is 0.365 e. The molecule has 6 rings (SSSR count). The lowest BCUT2D eigenvalue weighted by atomic mass is 9.43. The molecule has 7 nitrogen and oxygen atoms in total. The molecule has 2 aliphatic heterocycles. The highest BCUT2D eigenvalue weighted by molar-refractivity contribution is 7.85. The van der Waals surface area contributed by atoms with E-state index < -0.39 is 26.7 Å². The SMILES string of the molecule is C[C@]12CC3OC34[C@@H](CC3OC35CC(=O)CCC54CCOS(C)(=O)=O)[C@@H]1CCC2=O. The summed E-state index contributed by atoms with van der Waals surface area (Å²) in [6.07, 6.45) is 6.19. The third-order valence-electron chi connectivity index (χ3n) is 9.50. The maximum Gasteiger partial charge on any atom is 0.264 e. The van der Waals surface area contributed by atoms with Crippen LogP contribution in [-0.2, 0) is 33.4 Å². The van der Waals surface area contributed by atoms with E-state index in [1.807, 2.05) is 0 Å². The van der Waals surface area contributed by atoms with Gasteiger partial charge in [0.25, 0.3) is 10.1 Å². The van der Waals surface area contributed by atoms with Crippen LogP contribution in [0.25, 0.3) is 0 Å². The van der Waals surface area contributed by atoms with Gasteiger partial charge in [-0.25, -0.2) is 0 Å². The smallest absolute Gasteiger partial charge is 0.264 e. The molecule has 2 spiro atoms. The number of fused-ring (bicyclic) bond motifs is 2. The van der Waals surface area contributed by atoms with E-state index in [4.69, 9.17) is 13.7 Å². The van der Waals surface area contributed by atoms with Crippen LogP contribution in [-0.4, -0.2) is 56.3 Å². The molecule has 0 radical (unpaired) electrons. The molecule has 2 saturated heterocycles. The number of ketones is 2. The monoisotopic (exact) mass is 424 g/mol. The summed E-state index contributed by atoms with van der Waals surface area (Å²) in [6, 6.07) is 0. The van der Waals surface area contributed by atoms with Crippen LogP contribution in [0.2, 0.25) is 0 Å². The first-order valence-corrected chi connectivity index (χ1v) is 12.6. The van der Waals surface area contributed by atoms with Crippen LogP contribution in [0.15, 0.2) is 0 Å². The third kappa shape index (κ3) is 2.12. The van der Waals surface area contributed by atoms with Gasteiger partial charge in [0, 0.05) is 30.1 Å². The van der Waals surface area contributed by atoms with Crippen molar-refractivity contribution in [2.45, 2.75) is 81.7 Å². The molecule has 8 atom stereocenters. The van der Waals surface area contributed by atoms with Gasteiger partial charge in [0.05, 0.1) is 25.1 Å². The van der Waals surface area contributed by atoms with Crippen LogP contribution < -0.4 is 0 Å². The van der Waals surface area contributed by atoms with Crippen LogP contribution in [0.3, 0.4) is 0 Å². The number of Topliss-reactive ketones (excluding diaryl/α,β-unsaturated/α-hetero) is 2. The van der Waals surface area contributed by atoms with Gasteiger partial charge in [-0.05, 0) is 43.9 Å². The van der Waals surface area contributed by atoms with Crippen molar-refractivity contribution in [3.05, 3.63) is 0 Å². The van der Waals surface area contributed by atoms with Gasteiger partial charge >= 0.3 is 0 Å². The van der Waals surface area contributed by atoms with Crippen molar-refractivity contribution in [1.82, 2.24) is 0 Å². The standard InChI is InChI=1S/C21H28O7S/c1-18-11-17-21(28-17)14(13(18)3-4-15(18)23)9-16-20(27-16)10-12(22)5-6-19(20,21)7-8-26-29(2,24)25/h13-14,16-17H,3-11H2,1-2H3/t13-,14-,16?,17?,18-,19?,20?,21?/m0/s1. The molecule has 4 saturated carbocycles. The van der Waals surface area contributed by atoms with Crippen molar-refractivity contribution in [3.63, 3.8) is 0 Å². The van der Waals surface area contributed by atoms with Crippen molar-refractivity contribution in [1.29, 1.82) is 0 Å². The summed E-state index contributed by atoms with van der Waals surface area (Å²) < 4.78 is 41.2. The van der Waals surface area contributed by atoms with Crippen LogP contribution >= 0.6 is 0 Å². The van der Waals surface area contributed by atoms with Crippen molar-refractivity contribution in [2.24, 2.45) is 22.7 Å². The number of ether oxygens (including phenoxy) is 2. The summed E-state index contributed by atoms with van der Waals surface area (Å²) in [5.74, 6) is 1.08. The first kappa shape index (κ1) is 18.9. The molecule has 0 aromatic rings. The molecule has 29 heavy (non-hydrogen) atoms. The Morgan fingerprint density at radius 3 is 2.69 bits per heavy atom. The molecule has 5 unspecified atom stereocenters. The second-order valence-corrected chi connectivity index (χ2v) is 12.1. The summed E-state index contributed by atoms with van der Waals surface area (Å²) in [6.45, 7) is 2.19. The summed E-state index contributed by atoms with van der Waals surface area (Å²) >= 11 is 0. The predicted molar refractivity (Wildman–Crippen MR) is 100 cm³/mol. The molecular formula is C21H28O7S. The molecule has 2 heterocycles. The average molecular weight is 425 g/mol. The Kier molecular flexibility index (Phi) is 3.46. The third-order valence-corrected chi connectivity index (χ3v) is 10.1. The van der Waals surface area contributed by atoms with Crippen molar-refractivity contribution in [3.8, 4) is 0 Å². The first-order valence-electron chi connectivity index (χ1n) is 10.8. The summed E-state index contributed by atoms with van der Waals surface area (Å²) in [4.78, 5) is 25.1. The highest BCUT2D eigenvalue weighted by Gasteiger charge is 2.90. The van der Waals surface area contributed by atoms with Gasteiger partial charge in [-0.3, -0.25) is 13.8 Å². The average Bonchev–Trinajstić information content (AvgIpc) is 3.48. The van der Waals surface area contributed by atoms with Gasteiger partial charge in [0.15, 0.2) is 0 Å². The maximum absolute atomic E-state index is 12.7. The highest BCUT2D eigenvalue weighted by Crippen LogP contribution is 2.81. The molecule has 0 amide bonds. The number of hydrogen-bond acceptors (Lipinski definition) is 7. The number of hydrogen-bond donors (Lipinski definition) is 0. The fourth-order valence-electron chi connectivity index (χ4n) is 8.33. The lowest BCUT2D eigenvalue weighted by molar-refractivity contribution is -0.141. The lowest BCUT2D eigenvalue weighted by Gasteiger charge is -2.56.